The van der Waals surface area contributed by atoms with Gasteiger partial charge in [-0.15, -0.1) is 0 Å². The monoisotopic (exact) mass is 234 g/mol. The molecule has 1 aliphatic rings. The lowest BCUT2D eigenvalue weighted by Crippen LogP contribution is -2.56. The van der Waals surface area contributed by atoms with Gasteiger partial charge in [-0.2, -0.15) is 0 Å². The molecular formula is C13H18N2O2. The maximum Gasteiger partial charge on any atom is 0.249 e. The predicted molar refractivity (Wildman–Crippen MR) is 65.3 cm³/mol. The third-order valence-corrected chi connectivity index (χ3v) is 3.07. The second kappa shape index (κ2) is 4.85. The lowest BCUT2D eigenvalue weighted by Gasteiger charge is -2.39. The quantitative estimate of drug-likeness (QED) is 0.840. The Bertz CT molecular complexity index is 394. The van der Waals surface area contributed by atoms with Gasteiger partial charge in [0.2, 0.25) is 5.91 Å². The van der Waals surface area contributed by atoms with E-state index in [4.69, 9.17) is 10.5 Å². The van der Waals surface area contributed by atoms with Crippen LogP contribution in [-0.2, 0) is 16.1 Å². The number of amides is 1. The van der Waals surface area contributed by atoms with Gasteiger partial charge in [0.15, 0.2) is 0 Å². The number of morpholine rings is 1. The molecule has 1 atom stereocenters. The third kappa shape index (κ3) is 2.84. The molecule has 1 aliphatic heterocycles. The van der Waals surface area contributed by atoms with Gasteiger partial charge in [-0.05, 0) is 12.5 Å². The van der Waals surface area contributed by atoms with E-state index in [0.29, 0.717) is 19.6 Å². The minimum absolute atomic E-state index is 0.0276. The number of hydrogen-bond acceptors (Lipinski definition) is 3. The van der Waals surface area contributed by atoms with Gasteiger partial charge in [0.05, 0.1) is 12.1 Å². The van der Waals surface area contributed by atoms with Gasteiger partial charge in [-0.3, -0.25) is 4.79 Å². The van der Waals surface area contributed by atoms with E-state index in [1.807, 2.05) is 42.2 Å². The van der Waals surface area contributed by atoms with Crippen LogP contribution in [0.25, 0.3) is 0 Å². The van der Waals surface area contributed by atoms with Gasteiger partial charge >= 0.3 is 0 Å². The molecule has 4 heteroatoms. The molecule has 0 bridgehead atoms. The van der Waals surface area contributed by atoms with Crippen LogP contribution in [0.5, 0.6) is 0 Å². The molecule has 4 nitrogen and oxygen atoms in total. The summed E-state index contributed by atoms with van der Waals surface area (Å²) >= 11 is 0. The molecule has 1 aromatic rings. The molecule has 1 saturated heterocycles. The van der Waals surface area contributed by atoms with E-state index in [1.54, 1.807) is 0 Å². The van der Waals surface area contributed by atoms with E-state index in [0.717, 1.165) is 5.56 Å². The molecule has 0 radical (unpaired) electrons. The first-order chi connectivity index (χ1) is 8.13. The number of benzene rings is 1. The molecule has 17 heavy (non-hydrogen) atoms. The average Bonchev–Trinajstić information content (AvgIpc) is 2.35. The van der Waals surface area contributed by atoms with Crippen LogP contribution < -0.4 is 5.73 Å². The largest absolute Gasteiger partial charge is 0.362 e. The van der Waals surface area contributed by atoms with E-state index < -0.39 is 5.60 Å². The summed E-state index contributed by atoms with van der Waals surface area (Å²) in [5.41, 5.74) is 6.39. The zero-order valence-corrected chi connectivity index (χ0v) is 10.1. The van der Waals surface area contributed by atoms with Crippen molar-refractivity contribution in [2.75, 3.05) is 19.7 Å². The van der Waals surface area contributed by atoms with Crippen molar-refractivity contribution in [3.8, 4) is 0 Å². The first kappa shape index (κ1) is 12.1. The standard InChI is InChI=1S/C13H18N2O2/c1-13(9-14)10-15(12(16)8-17-13)7-11-5-3-2-4-6-11/h2-6H,7-10,14H2,1H3. The summed E-state index contributed by atoms with van der Waals surface area (Å²) in [6, 6.07) is 9.95. The summed E-state index contributed by atoms with van der Waals surface area (Å²) in [4.78, 5) is 13.6. The Kier molecular flexibility index (Phi) is 3.45. The lowest BCUT2D eigenvalue weighted by atomic mass is 10.0. The van der Waals surface area contributed by atoms with Gasteiger partial charge in [-0.25, -0.2) is 0 Å². The highest BCUT2D eigenvalue weighted by molar-refractivity contribution is 5.78. The molecule has 1 unspecified atom stereocenters. The van der Waals surface area contributed by atoms with Gasteiger partial charge in [-0.1, -0.05) is 30.3 Å². The molecule has 0 aromatic heterocycles. The van der Waals surface area contributed by atoms with Crippen LogP contribution >= 0.6 is 0 Å². The fourth-order valence-corrected chi connectivity index (χ4v) is 1.94. The van der Waals surface area contributed by atoms with Crippen molar-refractivity contribution in [1.29, 1.82) is 0 Å². The first-order valence-corrected chi connectivity index (χ1v) is 5.79. The number of carbonyl (C=O) groups is 1. The summed E-state index contributed by atoms with van der Waals surface area (Å²) < 4.78 is 5.48. The average molecular weight is 234 g/mol. The Morgan fingerprint density at radius 2 is 2.12 bits per heavy atom. The number of rotatable bonds is 3. The summed E-state index contributed by atoms with van der Waals surface area (Å²) in [6.45, 7) is 3.67. The molecule has 2 N–H and O–H groups in total. The van der Waals surface area contributed by atoms with E-state index in [9.17, 15) is 4.79 Å². The van der Waals surface area contributed by atoms with Gasteiger partial charge in [0.25, 0.3) is 0 Å². The molecule has 1 aromatic carbocycles. The van der Waals surface area contributed by atoms with Crippen molar-refractivity contribution in [2.45, 2.75) is 19.1 Å². The van der Waals surface area contributed by atoms with Crippen LogP contribution in [0.2, 0.25) is 0 Å². The van der Waals surface area contributed by atoms with E-state index >= 15 is 0 Å². The fourth-order valence-electron chi connectivity index (χ4n) is 1.94. The maximum atomic E-state index is 11.8. The van der Waals surface area contributed by atoms with E-state index in [2.05, 4.69) is 0 Å². The van der Waals surface area contributed by atoms with Gasteiger partial charge < -0.3 is 15.4 Å². The Balaban J connectivity index is 2.06. The van der Waals surface area contributed by atoms with Crippen molar-refractivity contribution in [2.24, 2.45) is 5.73 Å². The summed E-state index contributed by atoms with van der Waals surface area (Å²) in [7, 11) is 0. The zero-order valence-electron chi connectivity index (χ0n) is 10.1. The lowest BCUT2D eigenvalue weighted by molar-refractivity contribution is -0.160. The molecule has 1 amide bonds. The van der Waals surface area contributed by atoms with Crippen LogP contribution in [0.3, 0.4) is 0 Å². The topological polar surface area (TPSA) is 55.6 Å². The maximum absolute atomic E-state index is 11.8. The predicted octanol–water partition coefficient (Wildman–Crippen LogP) is 0.763. The van der Waals surface area contributed by atoms with E-state index in [1.165, 1.54) is 0 Å². The smallest absolute Gasteiger partial charge is 0.249 e. The highest BCUT2D eigenvalue weighted by atomic mass is 16.5. The summed E-state index contributed by atoms with van der Waals surface area (Å²) in [5.74, 6) is 0.0276. The Labute approximate surface area is 101 Å². The second-order valence-corrected chi connectivity index (χ2v) is 4.68. The minimum Gasteiger partial charge on any atom is -0.362 e. The summed E-state index contributed by atoms with van der Waals surface area (Å²) in [6.07, 6.45) is 0. The highest BCUT2D eigenvalue weighted by Gasteiger charge is 2.34. The molecule has 2 rings (SSSR count). The molecular weight excluding hydrogens is 216 g/mol. The number of hydrogen-bond donors (Lipinski definition) is 1. The van der Waals surface area contributed by atoms with Crippen molar-refractivity contribution in [1.82, 2.24) is 4.90 Å². The van der Waals surface area contributed by atoms with Crippen molar-refractivity contribution >= 4 is 5.91 Å². The van der Waals surface area contributed by atoms with Crippen LogP contribution in [0.1, 0.15) is 12.5 Å². The van der Waals surface area contributed by atoms with Crippen LogP contribution in [0, 0.1) is 0 Å². The molecule has 0 saturated carbocycles. The number of carbonyl (C=O) groups excluding carboxylic acids is 1. The molecule has 1 heterocycles. The highest BCUT2D eigenvalue weighted by Crippen LogP contribution is 2.18. The Morgan fingerprint density at radius 1 is 1.41 bits per heavy atom. The summed E-state index contributed by atoms with van der Waals surface area (Å²) in [5, 5.41) is 0. The fraction of sp³-hybridized carbons (Fsp3) is 0.462. The number of nitrogens with two attached hydrogens (primary N) is 1. The SMILES string of the molecule is CC1(CN)CN(Cc2ccccc2)C(=O)CO1. The third-order valence-electron chi connectivity index (χ3n) is 3.07. The van der Waals surface area contributed by atoms with Crippen LogP contribution in [0.4, 0.5) is 0 Å². The minimum atomic E-state index is -0.414. The Hall–Kier alpha value is -1.39. The zero-order chi connectivity index (χ0) is 12.3. The number of ether oxygens (including phenoxy) is 1. The van der Waals surface area contributed by atoms with Crippen LogP contribution in [-0.4, -0.2) is 36.1 Å². The Morgan fingerprint density at radius 3 is 2.76 bits per heavy atom. The van der Waals surface area contributed by atoms with Crippen molar-refractivity contribution in [3.05, 3.63) is 35.9 Å². The van der Waals surface area contributed by atoms with Gasteiger partial charge in [0, 0.05) is 13.1 Å². The van der Waals surface area contributed by atoms with E-state index in [-0.39, 0.29) is 12.5 Å². The van der Waals surface area contributed by atoms with Crippen LogP contribution in [0.15, 0.2) is 30.3 Å². The van der Waals surface area contributed by atoms with Crippen molar-refractivity contribution < 1.29 is 9.53 Å². The molecule has 1 fully saturated rings. The molecule has 0 aliphatic carbocycles. The second-order valence-electron chi connectivity index (χ2n) is 4.68. The van der Waals surface area contributed by atoms with Crippen molar-refractivity contribution in [3.63, 3.8) is 0 Å². The normalized spacial score (nSPS) is 25.1. The number of nitrogens with zero attached hydrogens (tertiary/aromatic N) is 1. The molecule has 92 valence electrons. The molecule has 0 spiro atoms. The first-order valence-electron chi connectivity index (χ1n) is 5.79. The van der Waals surface area contributed by atoms with Gasteiger partial charge in [0.1, 0.15) is 6.61 Å².